The number of ether oxygens (including phenoxy) is 3. The maximum atomic E-state index is 12.7. The number of benzene rings is 2. The first-order valence-electron chi connectivity index (χ1n) is 9.96. The van der Waals surface area contributed by atoms with E-state index >= 15 is 0 Å². The minimum Gasteiger partial charge on any atom is -0.493 e. The van der Waals surface area contributed by atoms with Crippen molar-refractivity contribution in [1.82, 2.24) is 4.90 Å². The van der Waals surface area contributed by atoms with Gasteiger partial charge in [-0.2, -0.15) is 0 Å². The Morgan fingerprint density at radius 3 is 2.47 bits per heavy atom. The number of hydrogen-bond acceptors (Lipinski definition) is 5. The number of amides is 1. The molecule has 2 aromatic carbocycles. The lowest BCUT2D eigenvalue weighted by atomic mass is 10.1. The smallest absolute Gasteiger partial charge is 0.325 e. The fourth-order valence-corrected chi connectivity index (χ4v) is 2.74. The summed E-state index contributed by atoms with van der Waals surface area (Å²) in [6.45, 7) is 2.92. The lowest BCUT2D eigenvalue weighted by Crippen LogP contribution is -2.34. The average molecular weight is 411 g/mol. The first kappa shape index (κ1) is 23.0. The molecule has 0 aliphatic carbocycles. The maximum Gasteiger partial charge on any atom is 0.325 e. The number of esters is 1. The van der Waals surface area contributed by atoms with Gasteiger partial charge in [-0.1, -0.05) is 49.7 Å². The molecule has 6 nitrogen and oxygen atoms in total. The van der Waals surface area contributed by atoms with E-state index in [0.29, 0.717) is 24.7 Å². The monoisotopic (exact) mass is 411 g/mol. The second-order valence-electron chi connectivity index (χ2n) is 6.70. The zero-order chi connectivity index (χ0) is 21.8. The molecule has 2 aromatic rings. The third-order valence-corrected chi connectivity index (χ3v) is 4.44. The molecule has 6 heteroatoms. The minimum atomic E-state index is -0.470. The zero-order valence-corrected chi connectivity index (χ0v) is 17.8. The standard InChI is InChI=1S/C24H29NO5/c1-4-5-15-30-21-13-11-19(16-22(21)28-2)12-14-23(26)25(18-24(27)29-3)17-20-9-7-6-8-10-20/h6-14,16H,4-5,15,17-18H2,1-3H3/b14-12+. The Bertz CT molecular complexity index is 848. The summed E-state index contributed by atoms with van der Waals surface area (Å²) >= 11 is 0. The molecular weight excluding hydrogens is 382 g/mol. The van der Waals surface area contributed by atoms with E-state index in [1.165, 1.54) is 18.1 Å². The fourth-order valence-electron chi connectivity index (χ4n) is 2.74. The number of carbonyl (C=O) groups excluding carboxylic acids is 2. The predicted octanol–water partition coefficient (Wildman–Crippen LogP) is 4.09. The molecule has 0 bridgehead atoms. The Morgan fingerprint density at radius 2 is 1.80 bits per heavy atom. The van der Waals surface area contributed by atoms with E-state index in [1.54, 1.807) is 13.2 Å². The van der Waals surface area contributed by atoms with Gasteiger partial charge in [0.05, 0.1) is 20.8 Å². The van der Waals surface area contributed by atoms with Crippen LogP contribution in [0.4, 0.5) is 0 Å². The zero-order valence-electron chi connectivity index (χ0n) is 17.8. The largest absolute Gasteiger partial charge is 0.493 e. The van der Waals surface area contributed by atoms with Gasteiger partial charge in [0.1, 0.15) is 6.54 Å². The third kappa shape index (κ3) is 7.28. The van der Waals surface area contributed by atoms with Crippen LogP contribution in [0.5, 0.6) is 11.5 Å². The third-order valence-electron chi connectivity index (χ3n) is 4.44. The van der Waals surface area contributed by atoms with Crippen molar-refractivity contribution in [2.24, 2.45) is 0 Å². The highest BCUT2D eigenvalue weighted by Gasteiger charge is 2.16. The van der Waals surface area contributed by atoms with Crippen molar-refractivity contribution in [3.05, 3.63) is 65.7 Å². The second kappa shape index (κ2) is 12.3. The highest BCUT2D eigenvalue weighted by molar-refractivity contribution is 5.93. The van der Waals surface area contributed by atoms with Crippen LogP contribution in [0.15, 0.2) is 54.6 Å². The molecule has 160 valence electrons. The van der Waals surface area contributed by atoms with Gasteiger partial charge in [0.25, 0.3) is 0 Å². The fraction of sp³-hybridized carbons (Fsp3) is 0.333. The molecule has 0 saturated carbocycles. The quantitative estimate of drug-likeness (QED) is 0.317. The van der Waals surface area contributed by atoms with Crippen LogP contribution in [0.25, 0.3) is 6.08 Å². The minimum absolute atomic E-state index is 0.123. The summed E-state index contributed by atoms with van der Waals surface area (Å²) in [4.78, 5) is 25.9. The van der Waals surface area contributed by atoms with Crippen LogP contribution < -0.4 is 9.47 Å². The molecule has 0 aliphatic rings. The van der Waals surface area contributed by atoms with Crippen molar-refractivity contribution in [2.75, 3.05) is 27.4 Å². The van der Waals surface area contributed by atoms with E-state index in [-0.39, 0.29) is 12.5 Å². The van der Waals surface area contributed by atoms with Crippen molar-refractivity contribution < 1.29 is 23.8 Å². The Morgan fingerprint density at radius 1 is 1.03 bits per heavy atom. The second-order valence-corrected chi connectivity index (χ2v) is 6.70. The molecule has 0 atom stereocenters. The first-order valence-corrected chi connectivity index (χ1v) is 9.96. The first-order chi connectivity index (χ1) is 14.6. The van der Waals surface area contributed by atoms with Gasteiger partial charge in [-0.3, -0.25) is 9.59 Å². The molecule has 0 fully saturated rings. The number of carbonyl (C=O) groups is 2. The molecule has 0 aromatic heterocycles. The van der Waals surface area contributed by atoms with E-state index in [9.17, 15) is 9.59 Å². The topological polar surface area (TPSA) is 65.1 Å². The van der Waals surface area contributed by atoms with Gasteiger partial charge in [-0.05, 0) is 35.8 Å². The summed E-state index contributed by atoms with van der Waals surface area (Å²) in [5.41, 5.74) is 1.72. The van der Waals surface area contributed by atoms with Gasteiger partial charge in [-0.15, -0.1) is 0 Å². The molecule has 0 heterocycles. The van der Waals surface area contributed by atoms with E-state index in [4.69, 9.17) is 14.2 Å². The normalized spacial score (nSPS) is 10.6. The number of rotatable bonds is 11. The number of unbranched alkanes of at least 4 members (excludes halogenated alkanes) is 1. The van der Waals surface area contributed by atoms with Crippen LogP contribution in [-0.2, 0) is 20.9 Å². The Hall–Kier alpha value is -3.28. The molecule has 1 amide bonds. The van der Waals surface area contributed by atoms with Gasteiger partial charge in [0, 0.05) is 12.6 Å². The Kier molecular flexibility index (Phi) is 9.45. The lowest BCUT2D eigenvalue weighted by Gasteiger charge is -2.20. The summed E-state index contributed by atoms with van der Waals surface area (Å²) in [6, 6.07) is 15.0. The predicted molar refractivity (Wildman–Crippen MR) is 116 cm³/mol. The number of hydrogen-bond donors (Lipinski definition) is 0. The number of methoxy groups -OCH3 is 2. The summed E-state index contributed by atoms with van der Waals surface area (Å²) in [5, 5.41) is 0. The van der Waals surface area contributed by atoms with Crippen molar-refractivity contribution in [1.29, 1.82) is 0 Å². The summed E-state index contributed by atoms with van der Waals surface area (Å²) in [7, 11) is 2.89. The Balaban J connectivity index is 2.12. The van der Waals surface area contributed by atoms with Crippen molar-refractivity contribution in [2.45, 2.75) is 26.3 Å². The molecular formula is C24H29NO5. The van der Waals surface area contributed by atoms with Crippen LogP contribution in [0, 0.1) is 0 Å². The molecule has 0 N–H and O–H groups in total. The number of nitrogens with zero attached hydrogens (tertiary/aromatic N) is 1. The van der Waals surface area contributed by atoms with Crippen molar-refractivity contribution >= 4 is 18.0 Å². The van der Waals surface area contributed by atoms with Crippen LogP contribution >= 0.6 is 0 Å². The summed E-state index contributed by atoms with van der Waals surface area (Å²) in [5.74, 6) is 0.525. The van der Waals surface area contributed by atoms with E-state index in [2.05, 4.69) is 6.92 Å². The van der Waals surface area contributed by atoms with Gasteiger partial charge in [-0.25, -0.2) is 0 Å². The van der Waals surface area contributed by atoms with E-state index in [1.807, 2.05) is 48.5 Å². The average Bonchev–Trinajstić information content (AvgIpc) is 2.78. The van der Waals surface area contributed by atoms with Crippen molar-refractivity contribution in [3.63, 3.8) is 0 Å². The molecule has 2 rings (SSSR count). The van der Waals surface area contributed by atoms with Crippen molar-refractivity contribution in [3.8, 4) is 11.5 Å². The van der Waals surface area contributed by atoms with Crippen LogP contribution in [-0.4, -0.2) is 44.1 Å². The van der Waals surface area contributed by atoms with E-state index in [0.717, 1.165) is 24.0 Å². The molecule has 0 aliphatic heterocycles. The summed E-state index contributed by atoms with van der Waals surface area (Å²) < 4.78 is 15.9. The highest BCUT2D eigenvalue weighted by Crippen LogP contribution is 2.28. The maximum absolute atomic E-state index is 12.7. The molecule has 0 spiro atoms. The SMILES string of the molecule is CCCCOc1ccc(/C=C/C(=O)N(CC(=O)OC)Cc2ccccc2)cc1OC. The summed E-state index contributed by atoms with van der Waals surface area (Å²) in [6.07, 6.45) is 5.15. The van der Waals surface area contributed by atoms with Gasteiger partial charge in [0.2, 0.25) is 5.91 Å². The van der Waals surface area contributed by atoms with Crippen LogP contribution in [0.3, 0.4) is 0 Å². The van der Waals surface area contributed by atoms with Gasteiger partial charge < -0.3 is 19.1 Å². The molecule has 0 saturated heterocycles. The molecule has 0 radical (unpaired) electrons. The van der Waals surface area contributed by atoms with E-state index < -0.39 is 5.97 Å². The lowest BCUT2D eigenvalue weighted by molar-refractivity contribution is -0.145. The van der Waals surface area contributed by atoms with Gasteiger partial charge in [0.15, 0.2) is 11.5 Å². The molecule has 30 heavy (non-hydrogen) atoms. The van der Waals surface area contributed by atoms with Crippen LogP contribution in [0.1, 0.15) is 30.9 Å². The highest BCUT2D eigenvalue weighted by atomic mass is 16.5. The Labute approximate surface area is 178 Å². The van der Waals surface area contributed by atoms with Gasteiger partial charge >= 0.3 is 5.97 Å². The molecule has 0 unspecified atom stereocenters. The van der Waals surface area contributed by atoms with Crippen LogP contribution in [0.2, 0.25) is 0 Å².